The molecule has 0 aliphatic heterocycles. The van der Waals surface area contributed by atoms with E-state index in [9.17, 15) is 4.39 Å². The highest BCUT2D eigenvalue weighted by Gasteiger charge is 2.11. The molecule has 0 radical (unpaired) electrons. The molecule has 1 heterocycles. The summed E-state index contributed by atoms with van der Waals surface area (Å²) < 4.78 is 24.2. The smallest absolute Gasteiger partial charge is 0.258 e. The zero-order valence-corrected chi connectivity index (χ0v) is 14.9. The standard InChI is InChI=1S/C21H14ClFN2O2/c22-18-6-1-2-7-19(18)26-13-14-4-3-5-16(12-14)21-24-20(25-27-21)15-8-10-17(23)11-9-15/h1-12H,13H2. The summed E-state index contributed by atoms with van der Waals surface area (Å²) in [4.78, 5) is 4.39. The first-order chi connectivity index (χ1) is 13.2. The lowest BCUT2D eigenvalue weighted by atomic mass is 10.1. The van der Waals surface area contributed by atoms with Gasteiger partial charge in [0, 0.05) is 11.1 Å². The molecule has 0 N–H and O–H groups in total. The Hall–Kier alpha value is -3.18. The van der Waals surface area contributed by atoms with Gasteiger partial charge in [0.15, 0.2) is 0 Å². The van der Waals surface area contributed by atoms with E-state index in [1.54, 1.807) is 18.2 Å². The fraction of sp³-hybridized carbons (Fsp3) is 0.0476. The number of hydrogen-bond donors (Lipinski definition) is 0. The molecule has 0 aliphatic rings. The van der Waals surface area contributed by atoms with Crippen molar-refractivity contribution in [3.05, 3.63) is 89.2 Å². The van der Waals surface area contributed by atoms with Crippen molar-refractivity contribution >= 4 is 11.6 Å². The Morgan fingerprint density at radius 1 is 0.926 bits per heavy atom. The molecule has 0 saturated heterocycles. The Morgan fingerprint density at radius 3 is 2.56 bits per heavy atom. The third kappa shape index (κ3) is 3.99. The third-order valence-corrected chi connectivity index (χ3v) is 4.25. The first-order valence-electron chi connectivity index (χ1n) is 8.25. The van der Waals surface area contributed by atoms with Gasteiger partial charge in [0.25, 0.3) is 5.89 Å². The van der Waals surface area contributed by atoms with Crippen LogP contribution in [0.2, 0.25) is 5.02 Å². The zero-order chi connectivity index (χ0) is 18.6. The minimum atomic E-state index is -0.311. The molecule has 0 aliphatic carbocycles. The molecule has 4 aromatic rings. The molecule has 4 nitrogen and oxygen atoms in total. The number of nitrogens with zero attached hydrogens (tertiary/aromatic N) is 2. The summed E-state index contributed by atoms with van der Waals surface area (Å²) in [5.41, 5.74) is 2.40. The normalized spacial score (nSPS) is 10.7. The molecule has 1 aromatic heterocycles. The highest BCUT2D eigenvalue weighted by Crippen LogP contribution is 2.26. The topological polar surface area (TPSA) is 48.2 Å². The van der Waals surface area contributed by atoms with Crippen LogP contribution in [-0.4, -0.2) is 10.1 Å². The SMILES string of the molecule is Fc1ccc(-c2noc(-c3cccc(COc4ccccc4Cl)c3)n2)cc1. The predicted molar refractivity (Wildman–Crippen MR) is 101 cm³/mol. The van der Waals surface area contributed by atoms with Crippen LogP contribution >= 0.6 is 11.6 Å². The highest BCUT2D eigenvalue weighted by molar-refractivity contribution is 6.32. The number of para-hydroxylation sites is 1. The lowest BCUT2D eigenvalue weighted by molar-refractivity contribution is 0.306. The molecule has 0 atom stereocenters. The Labute approximate surface area is 160 Å². The molecule has 0 saturated carbocycles. The molecular weight excluding hydrogens is 367 g/mol. The summed E-state index contributed by atoms with van der Waals surface area (Å²) in [6.45, 7) is 0.358. The molecule has 3 aromatic carbocycles. The van der Waals surface area contributed by atoms with Crippen LogP contribution in [0.3, 0.4) is 0 Å². The van der Waals surface area contributed by atoms with Gasteiger partial charge >= 0.3 is 0 Å². The maximum Gasteiger partial charge on any atom is 0.258 e. The van der Waals surface area contributed by atoms with E-state index < -0.39 is 0 Å². The summed E-state index contributed by atoms with van der Waals surface area (Å²) in [5, 5.41) is 4.53. The molecule has 27 heavy (non-hydrogen) atoms. The minimum Gasteiger partial charge on any atom is -0.487 e. The zero-order valence-electron chi connectivity index (χ0n) is 14.1. The third-order valence-electron chi connectivity index (χ3n) is 3.93. The molecular formula is C21H14ClFN2O2. The van der Waals surface area contributed by atoms with E-state index in [4.69, 9.17) is 20.9 Å². The Bertz CT molecular complexity index is 1060. The van der Waals surface area contributed by atoms with E-state index >= 15 is 0 Å². The molecule has 0 bridgehead atoms. The van der Waals surface area contributed by atoms with Crippen LogP contribution < -0.4 is 4.74 Å². The average Bonchev–Trinajstić information content (AvgIpc) is 3.18. The Kier molecular flexibility index (Phi) is 4.85. The number of aromatic nitrogens is 2. The van der Waals surface area contributed by atoms with Crippen LogP contribution in [0.1, 0.15) is 5.56 Å². The lowest BCUT2D eigenvalue weighted by Gasteiger charge is -2.08. The number of hydrogen-bond acceptors (Lipinski definition) is 4. The average molecular weight is 381 g/mol. The largest absolute Gasteiger partial charge is 0.487 e. The number of benzene rings is 3. The maximum atomic E-state index is 13.1. The Balaban J connectivity index is 1.52. The molecule has 4 rings (SSSR count). The van der Waals surface area contributed by atoms with Crippen LogP contribution in [0.15, 0.2) is 77.3 Å². The summed E-state index contributed by atoms with van der Waals surface area (Å²) in [7, 11) is 0. The van der Waals surface area contributed by atoms with E-state index in [0.717, 1.165) is 11.1 Å². The number of rotatable bonds is 5. The van der Waals surface area contributed by atoms with Gasteiger partial charge in [-0.3, -0.25) is 0 Å². The summed E-state index contributed by atoms with van der Waals surface area (Å²) in [6, 6.07) is 20.9. The number of halogens is 2. The van der Waals surface area contributed by atoms with Crippen molar-refractivity contribution in [3.8, 4) is 28.6 Å². The molecule has 0 fully saturated rings. The summed E-state index contributed by atoms with van der Waals surface area (Å²) in [5.74, 6) is 1.10. The lowest BCUT2D eigenvalue weighted by Crippen LogP contribution is -1.96. The van der Waals surface area contributed by atoms with Crippen molar-refractivity contribution in [2.75, 3.05) is 0 Å². The minimum absolute atomic E-state index is 0.311. The van der Waals surface area contributed by atoms with Crippen molar-refractivity contribution in [1.29, 1.82) is 0 Å². The van der Waals surface area contributed by atoms with Crippen molar-refractivity contribution in [2.24, 2.45) is 0 Å². The molecule has 6 heteroatoms. The van der Waals surface area contributed by atoms with Gasteiger partial charge in [0.05, 0.1) is 5.02 Å². The fourth-order valence-electron chi connectivity index (χ4n) is 2.57. The number of ether oxygens (including phenoxy) is 1. The van der Waals surface area contributed by atoms with Gasteiger partial charge in [-0.25, -0.2) is 4.39 Å². The first kappa shape index (κ1) is 17.2. The van der Waals surface area contributed by atoms with E-state index in [-0.39, 0.29) is 5.82 Å². The predicted octanol–water partition coefficient (Wildman–Crippen LogP) is 5.78. The van der Waals surface area contributed by atoms with Gasteiger partial charge in [0.2, 0.25) is 5.82 Å². The fourth-order valence-corrected chi connectivity index (χ4v) is 2.76. The van der Waals surface area contributed by atoms with Crippen LogP contribution in [0, 0.1) is 5.82 Å². The monoisotopic (exact) mass is 380 g/mol. The van der Waals surface area contributed by atoms with Gasteiger partial charge in [-0.1, -0.05) is 41.0 Å². The second kappa shape index (κ2) is 7.60. The van der Waals surface area contributed by atoms with Crippen LogP contribution in [0.4, 0.5) is 4.39 Å². The maximum absolute atomic E-state index is 13.1. The van der Waals surface area contributed by atoms with Crippen molar-refractivity contribution in [2.45, 2.75) is 6.61 Å². The van der Waals surface area contributed by atoms with Crippen molar-refractivity contribution in [3.63, 3.8) is 0 Å². The second-order valence-corrected chi connectivity index (χ2v) is 6.26. The molecule has 0 amide bonds. The molecule has 0 unspecified atom stereocenters. The van der Waals surface area contributed by atoms with Crippen molar-refractivity contribution < 1.29 is 13.7 Å². The van der Waals surface area contributed by atoms with Gasteiger partial charge < -0.3 is 9.26 Å². The molecule has 0 spiro atoms. The van der Waals surface area contributed by atoms with E-state index in [1.807, 2.05) is 42.5 Å². The van der Waals surface area contributed by atoms with Gasteiger partial charge in [-0.15, -0.1) is 0 Å². The van der Waals surface area contributed by atoms with Gasteiger partial charge in [-0.2, -0.15) is 4.98 Å². The van der Waals surface area contributed by atoms with Crippen LogP contribution in [0.5, 0.6) is 5.75 Å². The molecule has 134 valence electrons. The van der Waals surface area contributed by atoms with Crippen LogP contribution in [0.25, 0.3) is 22.8 Å². The van der Waals surface area contributed by atoms with Crippen molar-refractivity contribution in [1.82, 2.24) is 10.1 Å². The van der Waals surface area contributed by atoms with E-state index in [2.05, 4.69) is 10.1 Å². The van der Waals surface area contributed by atoms with Crippen LogP contribution in [-0.2, 0) is 6.61 Å². The first-order valence-corrected chi connectivity index (χ1v) is 8.63. The summed E-state index contributed by atoms with van der Waals surface area (Å²) in [6.07, 6.45) is 0. The second-order valence-electron chi connectivity index (χ2n) is 5.85. The van der Waals surface area contributed by atoms with E-state index in [0.29, 0.717) is 34.7 Å². The van der Waals surface area contributed by atoms with Gasteiger partial charge in [-0.05, 0) is 54.1 Å². The highest BCUT2D eigenvalue weighted by atomic mass is 35.5. The van der Waals surface area contributed by atoms with Gasteiger partial charge in [0.1, 0.15) is 18.2 Å². The van der Waals surface area contributed by atoms with E-state index in [1.165, 1.54) is 12.1 Å². The quantitative estimate of drug-likeness (QED) is 0.440. The summed E-state index contributed by atoms with van der Waals surface area (Å²) >= 11 is 6.11. The Morgan fingerprint density at radius 2 is 1.74 bits per heavy atom.